The van der Waals surface area contributed by atoms with Crippen molar-refractivity contribution in [3.05, 3.63) is 203 Å². The maximum atomic E-state index is 13.0. The van der Waals surface area contributed by atoms with Gasteiger partial charge in [-0.15, -0.1) is 0 Å². The van der Waals surface area contributed by atoms with Crippen molar-refractivity contribution >= 4 is 86.8 Å². The molecule has 0 bridgehead atoms. The number of benzene rings is 4. The maximum absolute atomic E-state index is 13.0. The number of aromatic nitrogens is 8. The molecule has 4 saturated heterocycles. The van der Waals surface area contributed by atoms with Gasteiger partial charge in [-0.3, -0.25) is 38.1 Å². The van der Waals surface area contributed by atoms with Crippen molar-refractivity contribution in [2.24, 2.45) is 51.7 Å². The normalized spacial score (nSPS) is 16.9. The Balaban J connectivity index is 0.000000212. The summed E-state index contributed by atoms with van der Waals surface area (Å²) in [6.07, 6.45) is 9.38. The van der Waals surface area contributed by atoms with E-state index in [1.807, 2.05) is 142 Å². The van der Waals surface area contributed by atoms with Crippen LogP contribution in [0, 0.1) is 31.6 Å². The number of nitrogens with zero attached hydrogens (tertiary/aromatic N) is 11. The lowest BCUT2D eigenvalue weighted by Gasteiger charge is -2.34. The fraction of sp³-hybridized carbons (Fsp3) is 0.546. The minimum absolute atomic E-state index is 0.0668. The van der Waals surface area contributed by atoms with E-state index in [9.17, 15) is 38.4 Å². The van der Waals surface area contributed by atoms with Gasteiger partial charge in [0.05, 0.1) is 0 Å². The van der Waals surface area contributed by atoms with Crippen LogP contribution in [0.3, 0.4) is 0 Å². The molecule has 27 heteroatoms. The van der Waals surface area contributed by atoms with E-state index >= 15 is 0 Å². The second kappa shape index (κ2) is 44.4. The number of likely N-dealkylation sites (tertiary alicyclic amines) is 2. The third kappa shape index (κ3) is 32.6. The number of hydrogen-bond donors (Lipinski definition) is 4. The average molecular weight is 1750 g/mol. The van der Waals surface area contributed by atoms with Gasteiger partial charge in [0.15, 0.2) is 40.0 Å². The third-order valence-electron chi connectivity index (χ3n) is 22.0. The standard InChI is InChI=1S/C27H36N6O2.C22H33NO3.C17H25NO.C11H13ClO.C10H12ClN5O.C10H20N2O2/c1-18-14-24(29-31(18)5)28-22-16-25(30-32(6)26(22)35)33-13-7-8-19(17-33)15-23(34)20-9-11-21(12-10-20)27(2,3)4;1-21(2,3)18-11-9-17(10-12-18)19(24)14-16-8-7-13-23(15-16)20(25)26-22(4,5)6;1-17(2,3)15-8-6-14(7-9-15)16(19)11-13-5-4-10-18-12-13;1-11(2,3)9-6-4-8(5-7-9)10(12)13;1-6-4-9(14-15(6)2)12-7-5-8(11)13-16(3)10(7)17;1-10(2,3)14-9(13)12-6-4-5-8(11)7-12/h9-12,14,16,19H,7-8,13,15,17H2,1-6H3,(H,28,29);9-12,16H,7-8,13-15H2,1-6H3;6-9,13,18H,4-5,10-12H2,1-3H3;4-7H,1-3H3;4-5H,1-3H3,(H,12,14);8H,4-7,11H2,1-3H3/t19-;16-;13-;;;8-/m000..1/s1. The second-order valence-corrected chi connectivity index (χ2v) is 40.1. The number of hydrogen-bond acceptors (Lipinski definition) is 19. The van der Waals surface area contributed by atoms with Gasteiger partial charge in [-0.1, -0.05) is 180 Å². The Hall–Kier alpha value is -9.82. The lowest BCUT2D eigenvalue weighted by atomic mass is 9.85. The summed E-state index contributed by atoms with van der Waals surface area (Å²) in [4.78, 5) is 103. The second-order valence-electron chi connectivity index (χ2n) is 39.4. The summed E-state index contributed by atoms with van der Waals surface area (Å²) in [6, 6.07) is 38.6. The molecule has 4 aliphatic heterocycles. The smallest absolute Gasteiger partial charge is 0.410 e. The van der Waals surface area contributed by atoms with E-state index in [1.54, 1.807) is 51.5 Å². The molecule has 4 aliphatic rings. The highest BCUT2D eigenvalue weighted by Crippen LogP contribution is 2.32. The van der Waals surface area contributed by atoms with Crippen molar-refractivity contribution in [3.63, 3.8) is 0 Å². The first kappa shape index (κ1) is 101. The maximum Gasteiger partial charge on any atom is 0.410 e. The Labute approximate surface area is 745 Å². The molecule has 676 valence electrons. The largest absolute Gasteiger partial charge is 0.444 e. The summed E-state index contributed by atoms with van der Waals surface area (Å²) in [5.74, 6) is 3.54. The molecule has 124 heavy (non-hydrogen) atoms. The fourth-order valence-corrected chi connectivity index (χ4v) is 14.8. The lowest BCUT2D eigenvalue weighted by Crippen LogP contribution is -2.47. The highest BCUT2D eigenvalue weighted by molar-refractivity contribution is 6.67. The van der Waals surface area contributed by atoms with Crippen LogP contribution in [-0.4, -0.2) is 153 Å². The number of ketones is 3. The number of Topliss-reactive ketones (excluding diaryl/α,β-unsaturated/α-hetero) is 3. The zero-order valence-electron chi connectivity index (χ0n) is 78.1. The van der Waals surface area contributed by atoms with Crippen LogP contribution in [0.1, 0.15) is 270 Å². The molecule has 0 unspecified atom stereocenters. The first-order chi connectivity index (χ1) is 57.7. The summed E-state index contributed by atoms with van der Waals surface area (Å²) in [5, 5.41) is 26.2. The number of carbonyl (C=O) groups excluding carboxylic acids is 6. The van der Waals surface area contributed by atoms with Crippen molar-refractivity contribution in [1.29, 1.82) is 0 Å². The Morgan fingerprint density at radius 2 is 0.798 bits per heavy atom. The summed E-state index contributed by atoms with van der Waals surface area (Å²) in [6.45, 7) is 47.5. The monoisotopic (exact) mass is 1740 g/mol. The van der Waals surface area contributed by atoms with Crippen molar-refractivity contribution in [2.45, 2.75) is 248 Å². The van der Waals surface area contributed by atoms with Crippen LogP contribution >= 0.6 is 23.2 Å². The molecule has 4 aromatic heterocycles. The number of carbonyl (C=O) groups is 6. The van der Waals surface area contributed by atoms with E-state index in [2.05, 4.69) is 149 Å². The van der Waals surface area contributed by atoms with Crippen LogP contribution in [0.2, 0.25) is 5.15 Å². The number of ether oxygens (including phenoxy) is 2. The van der Waals surface area contributed by atoms with E-state index in [-0.39, 0.29) is 85.3 Å². The number of amides is 2. The summed E-state index contributed by atoms with van der Waals surface area (Å²) in [7, 11) is 6.90. The molecular formula is C97H139Cl2N15O10. The van der Waals surface area contributed by atoms with E-state index < -0.39 is 16.4 Å². The molecule has 8 heterocycles. The van der Waals surface area contributed by atoms with Gasteiger partial charge >= 0.3 is 12.2 Å². The Kier molecular flexibility index (Phi) is 36.2. The highest BCUT2D eigenvalue weighted by Gasteiger charge is 2.32. The number of piperidine rings is 4. The predicted molar refractivity (Wildman–Crippen MR) is 500 cm³/mol. The molecule has 0 radical (unpaired) electrons. The minimum atomic E-state index is -0.491. The molecule has 0 aliphatic carbocycles. The highest BCUT2D eigenvalue weighted by atomic mass is 35.5. The van der Waals surface area contributed by atoms with Crippen LogP contribution in [0.15, 0.2) is 131 Å². The Morgan fingerprint density at radius 3 is 1.16 bits per heavy atom. The fourth-order valence-electron chi connectivity index (χ4n) is 14.5. The van der Waals surface area contributed by atoms with Crippen molar-refractivity contribution in [3.8, 4) is 0 Å². The molecule has 8 aromatic rings. The summed E-state index contributed by atoms with van der Waals surface area (Å²) in [5.41, 5.74) is 15.5. The SMILES string of the molecule is CC(C)(C)OC(=O)N1CCC[C@@H](CC(=O)c2ccc(C(C)(C)C)cc2)C1.CC(C)(C)OC(=O)N1CCC[C@@H](N)C1.CC(C)(C)c1ccc(C(=O)C[C@@H]2CCCNC2)cc1.CC(C)(C)c1ccc(C(=O)Cl)cc1.Cc1cc(Nc2cc(Cl)nn(C)c2=O)nn1C.Cc1cc(Nc2cc(N3CCC[C@@H](CC(=O)c4ccc(C(C)(C)C)cc4)C3)nn(C)c2=O)nn1C. The molecule has 25 nitrogen and oxygen atoms in total. The number of anilines is 5. The van der Waals surface area contributed by atoms with Crippen LogP contribution in [0.5, 0.6) is 0 Å². The van der Waals surface area contributed by atoms with E-state index in [1.165, 1.54) is 50.5 Å². The Morgan fingerprint density at radius 1 is 0.444 bits per heavy atom. The number of nitrogens with one attached hydrogen (secondary N) is 3. The molecule has 5 N–H and O–H groups in total. The van der Waals surface area contributed by atoms with Crippen molar-refractivity contribution in [2.75, 3.05) is 67.9 Å². The molecule has 12 rings (SSSR count). The van der Waals surface area contributed by atoms with Gasteiger partial charge in [0.1, 0.15) is 22.6 Å². The zero-order chi connectivity index (χ0) is 92.1. The molecule has 4 atom stereocenters. The van der Waals surface area contributed by atoms with Gasteiger partial charge < -0.3 is 45.9 Å². The van der Waals surface area contributed by atoms with Gasteiger partial charge in [-0.25, -0.2) is 19.0 Å². The molecule has 4 aromatic carbocycles. The first-order valence-electron chi connectivity index (χ1n) is 43.5. The minimum Gasteiger partial charge on any atom is -0.444 e. The number of rotatable bonds is 15. The van der Waals surface area contributed by atoms with Gasteiger partial charge in [0.2, 0.25) is 0 Å². The average Bonchev–Trinajstić information content (AvgIpc) is 1.57. The summed E-state index contributed by atoms with van der Waals surface area (Å²) >= 11 is 11.1. The van der Waals surface area contributed by atoms with E-state index in [4.69, 9.17) is 38.4 Å². The predicted octanol–water partition coefficient (Wildman–Crippen LogP) is 19.0. The van der Waals surface area contributed by atoms with Crippen LogP contribution in [0.25, 0.3) is 0 Å². The number of nitrogens with two attached hydrogens (primary N) is 1. The molecule has 4 fully saturated rings. The number of aryl methyl sites for hydroxylation is 6. The van der Waals surface area contributed by atoms with Gasteiger partial charge in [0, 0.05) is 151 Å². The molecular weight excluding hydrogens is 1610 g/mol. The molecule has 2 amide bonds. The van der Waals surface area contributed by atoms with Crippen LogP contribution in [-0.2, 0) is 59.3 Å². The van der Waals surface area contributed by atoms with Crippen LogP contribution < -0.4 is 37.7 Å². The lowest BCUT2D eigenvalue weighted by molar-refractivity contribution is 0.0159. The van der Waals surface area contributed by atoms with E-state index in [0.717, 1.165) is 105 Å². The summed E-state index contributed by atoms with van der Waals surface area (Å²) < 4.78 is 16.7. The van der Waals surface area contributed by atoms with Gasteiger partial charge in [-0.05, 0) is 205 Å². The topological polar surface area (TPSA) is 298 Å². The van der Waals surface area contributed by atoms with Gasteiger partial charge in [-0.2, -0.15) is 20.4 Å². The van der Waals surface area contributed by atoms with Gasteiger partial charge in [0.25, 0.3) is 16.4 Å². The van der Waals surface area contributed by atoms with Crippen LogP contribution in [0.4, 0.5) is 38.4 Å². The zero-order valence-corrected chi connectivity index (χ0v) is 79.6. The number of halogens is 2. The Bertz CT molecular complexity index is 4950. The first-order valence-corrected chi connectivity index (χ1v) is 44.2. The molecule has 0 saturated carbocycles. The van der Waals surface area contributed by atoms with Crippen molar-refractivity contribution in [1.82, 2.24) is 54.2 Å². The third-order valence-corrected chi connectivity index (χ3v) is 22.4. The quantitative estimate of drug-likeness (QED) is 0.0547. The van der Waals surface area contributed by atoms with E-state index in [0.29, 0.717) is 73.4 Å². The van der Waals surface area contributed by atoms with Crippen molar-refractivity contribution < 1.29 is 38.2 Å². The molecule has 0 spiro atoms.